The fraction of sp³-hybridized carbons (Fsp3) is 0.321. The summed E-state index contributed by atoms with van der Waals surface area (Å²) in [5, 5.41) is 0.978. The summed E-state index contributed by atoms with van der Waals surface area (Å²) in [6, 6.07) is 18.0. The van der Waals surface area contributed by atoms with Gasteiger partial charge in [0, 0.05) is 32.1 Å². The van der Waals surface area contributed by atoms with Crippen molar-refractivity contribution in [2.45, 2.75) is 32.5 Å². The van der Waals surface area contributed by atoms with Crippen LogP contribution in [0.15, 0.2) is 64.3 Å². The second kappa shape index (κ2) is 10.2. The molecule has 2 saturated heterocycles. The van der Waals surface area contributed by atoms with E-state index in [4.69, 9.17) is 17.0 Å². The number of thioether (sulfide) groups is 1. The minimum atomic E-state index is -0.147. The van der Waals surface area contributed by atoms with E-state index in [1.165, 1.54) is 11.8 Å². The largest absolute Gasteiger partial charge is 0.372 e. The van der Waals surface area contributed by atoms with E-state index in [1.54, 1.807) is 22.6 Å². The van der Waals surface area contributed by atoms with Gasteiger partial charge in [0.05, 0.1) is 33.9 Å². The van der Waals surface area contributed by atoms with Gasteiger partial charge in [-0.15, -0.1) is 0 Å². The number of carbonyl (C=O) groups excluding carboxylic acids is 1. The van der Waals surface area contributed by atoms with Crippen LogP contribution < -0.4 is 10.5 Å². The van der Waals surface area contributed by atoms with Gasteiger partial charge in [0.1, 0.15) is 4.32 Å². The van der Waals surface area contributed by atoms with Crippen molar-refractivity contribution in [1.82, 2.24) is 9.47 Å². The number of hydrogen-bond acceptors (Lipinski definition) is 6. The van der Waals surface area contributed by atoms with Crippen LogP contribution >= 0.6 is 24.0 Å². The minimum Gasteiger partial charge on any atom is -0.372 e. The second-order valence-corrected chi connectivity index (χ2v) is 11.1. The zero-order chi connectivity index (χ0) is 25.4. The summed E-state index contributed by atoms with van der Waals surface area (Å²) in [7, 11) is 1.78. The number of aromatic nitrogens is 1. The molecule has 6 nitrogen and oxygen atoms in total. The van der Waals surface area contributed by atoms with Gasteiger partial charge in [0.25, 0.3) is 11.5 Å². The first-order valence-electron chi connectivity index (χ1n) is 12.1. The van der Waals surface area contributed by atoms with E-state index < -0.39 is 0 Å². The Morgan fingerprint density at radius 3 is 2.42 bits per heavy atom. The number of hydrogen-bond donors (Lipinski definition) is 0. The van der Waals surface area contributed by atoms with Gasteiger partial charge < -0.3 is 14.2 Å². The highest BCUT2D eigenvalue weighted by Gasteiger charge is 2.33. The molecule has 5 rings (SSSR count). The lowest BCUT2D eigenvalue weighted by Crippen LogP contribution is -2.46. The molecule has 3 aromatic rings. The molecule has 0 spiro atoms. The van der Waals surface area contributed by atoms with Crippen LogP contribution in [0.1, 0.15) is 25.0 Å². The molecule has 0 saturated carbocycles. The smallest absolute Gasteiger partial charge is 0.266 e. The van der Waals surface area contributed by atoms with Crippen LogP contribution in [0.25, 0.3) is 17.0 Å². The molecule has 0 aliphatic carbocycles. The highest BCUT2D eigenvalue weighted by Crippen LogP contribution is 2.37. The Hall–Kier alpha value is -2.94. The van der Waals surface area contributed by atoms with E-state index in [-0.39, 0.29) is 23.7 Å². The number of thiocarbonyl (C=S) groups is 1. The molecule has 3 heterocycles. The normalized spacial score (nSPS) is 21.7. The predicted octanol–water partition coefficient (Wildman–Crippen LogP) is 4.60. The molecule has 0 bridgehead atoms. The number of benzene rings is 2. The molecular weight excluding hydrogens is 490 g/mol. The maximum Gasteiger partial charge on any atom is 0.266 e. The van der Waals surface area contributed by atoms with Gasteiger partial charge in [-0.1, -0.05) is 72.5 Å². The first-order valence-corrected chi connectivity index (χ1v) is 13.4. The number of aryl methyl sites for hydroxylation is 1. The summed E-state index contributed by atoms with van der Waals surface area (Å²) in [5.74, 6) is -0.147. The molecule has 1 amide bonds. The number of pyridine rings is 1. The van der Waals surface area contributed by atoms with Crippen molar-refractivity contribution in [3.8, 4) is 0 Å². The minimum absolute atomic E-state index is 0.0283. The van der Waals surface area contributed by atoms with Gasteiger partial charge in [-0.2, -0.15) is 0 Å². The van der Waals surface area contributed by atoms with E-state index in [1.807, 2.05) is 68.4 Å². The highest BCUT2D eigenvalue weighted by atomic mass is 32.2. The Balaban J connectivity index is 1.56. The molecule has 186 valence electrons. The summed E-state index contributed by atoms with van der Waals surface area (Å²) >= 11 is 6.83. The third-order valence-electron chi connectivity index (χ3n) is 6.66. The maximum absolute atomic E-state index is 13.7. The van der Waals surface area contributed by atoms with Crippen molar-refractivity contribution < 1.29 is 9.53 Å². The SMILES string of the molecule is CC1CN(c2c(C=C3SC(=S)N(CCc4ccccc4)C3=O)c(=O)n(C)c3ccccc23)CC(C)O1. The fourth-order valence-corrected chi connectivity index (χ4v) is 6.33. The van der Waals surface area contributed by atoms with Crippen molar-refractivity contribution in [3.05, 3.63) is 81.0 Å². The molecule has 0 radical (unpaired) electrons. The van der Waals surface area contributed by atoms with Crippen LogP contribution in [0.5, 0.6) is 0 Å². The molecule has 36 heavy (non-hydrogen) atoms. The van der Waals surface area contributed by atoms with Gasteiger partial charge in [0.15, 0.2) is 0 Å². The predicted molar refractivity (Wildman–Crippen MR) is 151 cm³/mol. The van der Waals surface area contributed by atoms with Gasteiger partial charge in [0.2, 0.25) is 0 Å². The summed E-state index contributed by atoms with van der Waals surface area (Å²) < 4.78 is 8.15. The third-order valence-corrected chi connectivity index (χ3v) is 8.04. The Morgan fingerprint density at radius 2 is 1.69 bits per heavy atom. The first-order chi connectivity index (χ1) is 17.3. The molecule has 2 atom stereocenters. The zero-order valence-corrected chi connectivity index (χ0v) is 22.3. The fourth-order valence-electron chi connectivity index (χ4n) is 5.04. The highest BCUT2D eigenvalue weighted by molar-refractivity contribution is 8.26. The number of anilines is 1. The van der Waals surface area contributed by atoms with Crippen LogP contribution in [0, 0.1) is 0 Å². The van der Waals surface area contributed by atoms with Crippen molar-refractivity contribution in [2.75, 3.05) is 24.5 Å². The quantitative estimate of drug-likeness (QED) is 0.363. The Kier molecular flexibility index (Phi) is 7.01. The lowest BCUT2D eigenvalue weighted by Gasteiger charge is -2.38. The number of rotatable bonds is 5. The zero-order valence-electron chi connectivity index (χ0n) is 20.6. The Bertz CT molecular complexity index is 1410. The van der Waals surface area contributed by atoms with Gasteiger partial charge >= 0.3 is 0 Å². The number of nitrogens with zero attached hydrogens (tertiary/aromatic N) is 3. The molecule has 0 N–H and O–H groups in total. The molecule has 2 aliphatic heterocycles. The van der Waals surface area contributed by atoms with Crippen LogP contribution in [0.2, 0.25) is 0 Å². The monoisotopic (exact) mass is 519 g/mol. The van der Waals surface area contributed by atoms with E-state index >= 15 is 0 Å². The van der Waals surface area contributed by atoms with E-state index in [0.717, 1.165) is 22.2 Å². The Labute approximate surface area is 220 Å². The van der Waals surface area contributed by atoms with Crippen molar-refractivity contribution in [1.29, 1.82) is 0 Å². The topological polar surface area (TPSA) is 54.8 Å². The van der Waals surface area contributed by atoms with Gasteiger partial charge in [-0.25, -0.2) is 0 Å². The number of fused-ring (bicyclic) bond motifs is 1. The second-order valence-electron chi connectivity index (χ2n) is 9.37. The third kappa shape index (κ3) is 4.73. The average molecular weight is 520 g/mol. The molecule has 2 aliphatic rings. The van der Waals surface area contributed by atoms with E-state index in [0.29, 0.717) is 40.8 Å². The van der Waals surface area contributed by atoms with Gasteiger partial charge in [-0.05, 0) is 38.0 Å². The lowest BCUT2D eigenvalue weighted by atomic mass is 10.0. The van der Waals surface area contributed by atoms with Crippen LogP contribution in [0.3, 0.4) is 0 Å². The summed E-state index contributed by atoms with van der Waals surface area (Å²) in [6.45, 7) is 5.93. The molecule has 2 unspecified atom stereocenters. The summed E-state index contributed by atoms with van der Waals surface area (Å²) in [4.78, 5) is 31.4. The molecule has 1 aromatic heterocycles. The first kappa shape index (κ1) is 24.7. The van der Waals surface area contributed by atoms with Crippen LogP contribution in [0.4, 0.5) is 5.69 Å². The Morgan fingerprint density at radius 1 is 1.03 bits per heavy atom. The summed E-state index contributed by atoms with van der Waals surface area (Å²) in [6.07, 6.45) is 2.52. The molecular formula is C28H29N3O3S2. The molecule has 2 fully saturated rings. The maximum atomic E-state index is 13.7. The van der Waals surface area contributed by atoms with Crippen LogP contribution in [-0.4, -0.2) is 51.5 Å². The van der Waals surface area contributed by atoms with E-state index in [9.17, 15) is 9.59 Å². The summed E-state index contributed by atoms with van der Waals surface area (Å²) in [5.41, 5.74) is 3.24. The number of carbonyl (C=O) groups is 1. The van der Waals surface area contributed by atoms with Gasteiger partial charge in [-0.3, -0.25) is 14.5 Å². The number of amides is 1. The molecule has 8 heteroatoms. The average Bonchev–Trinajstić information content (AvgIpc) is 3.13. The number of ether oxygens (including phenoxy) is 1. The number of morpholine rings is 1. The standard InChI is InChI=1S/C28H29N3O3S2/c1-18-16-30(17-19(2)34-18)25-21-11-7-8-12-23(21)29(3)26(32)22(25)15-24-27(33)31(28(35)36-24)14-13-20-9-5-4-6-10-20/h4-12,15,18-19H,13-14,16-17H2,1-3H3. The van der Waals surface area contributed by atoms with Crippen molar-refractivity contribution in [3.63, 3.8) is 0 Å². The van der Waals surface area contributed by atoms with Crippen molar-refractivity contribution in [2.24, 2.45) is 7.05 Å². The van der Waals surface area contributed by atoms with Crippen molar-refractivity contribution >= 4 is 56.9 Å². The number of para-hydroxylation sites is 1. The molecule has 2 aromatic carbocycles. The lowest BCUT2D eigenvalue weighted by molar-refractivity contribution is -0.122. The van der Waals surface area contributed by atoms with Crippen LogP contribution in [-0.2, 0) is 23.0 Å². The van der Waals surface area contributed by atoms with E-state index in [2.05, 4.69) is 4.90 Å².